The number of halogens is 4. The van der Waals surface area contributed by atoms with Crippen LogP contribution in [0.2, 0.25) is 51.4 Å². The molecule has 0 fully saturated rings. The van der Waals surface area contributed by atoms with E-state index >= 15 is 17.6 Å². The van der Waals surface area contributed by atoms with Crippen LogP contribution in [-0.4, -0.2) is 35.8 Å². The Bertz CT molecular complexity index is 3220. The summed E-state index contributed by atoms with van der Waals surface area (Å²) in [6, 6.07) is 43.7. The summed E-state index contributed by atoms with van der Waals surface area (Å²) in [5.41, 5.74) is 7.63. The number of pyridine rings is 1. The van der Waals surface area contributed by atoms with Gasteiger partial charge in [0.2, 0.25) is 0 Å². The van der Waals surface area contributed by atoms with Gasteiger partial charge in [0, 0.05) is 61.7 Å². The van der Waals surface area contributed by atoms with Crippen LogP contribution in [0.25, 0.3) is 72.7 Å². The molecule has 2 aromatic heterocycles. The zero-order valence-corrected chi connectivity index (χ0v) is 47.1. The number of benzene rings is 6. The largest absolute Gasteiger partial charge is 0.507 e. The van der Waals surface area contributed by atoms with Gasteiger partial charge in [-0.15, -0.1) is 23.8 Å². The van der Waals surface area contributed by atoms with Gasteiger partial charge in [-0.05, 0) is 69.0 Å². The molecule has 8 rings (SSSR count). The minimum Gasteiger partial charge on any atom is -0.507 e. The van der Waals surface area contributed by atoms with E-state index in [1.165, 1.54) is 18.2 Å². The van der Waals surface area contributed by atoms with Crippen molar-refractivity contribution in [3.8, 4) is 67.5 Å². The van der Waals surface area contributed by atoms with Crippen LogP contribution < -0.4 is 0 Å². The van der Waals surface area contributed by atoms with Gasteiger partial charge in [-0.2, -0.15) is 0 Å². The molecule has 6 aromatic carbocycles. The zero-order valence-electron chi connectivity index (χ0n) is 42.8. The molecule has 0 aliphatic rings. The quantitative estimate of drug-likeness (QED) is 0.0753. The molecule has 0 amide bonds. The average molecular weight is 1170 g/mol. The zero-order chi connectivity index (χ0) is 50.8. The van der Waals surface area contributed by atoms with Crippen LogP contribution in [0.15, 0.2) is 140 Å². The molecule has 0 unspecified atom stereocenters. The SMILES string of the molecule is CC(C)(C)c1cc(-c2nc3c(-c4[c-]c(-c5cc(-c6ccccc6)ccn5)cc(C(F)(F)C[Si](C)(C)C)c4)cccc3n2-c2ccc(C(F)(F)C[Si](C)(C)C)cc2-c2ccccc2)c(O)c(C(C)(C)C)c1.[Pt]. The number of rotatable bonds is 12. The van der Waals surface area contributed by atoms with Crippen molar-refractivity contribution in [2.75, 3.05) is 0 Å². The Morgan fingerprint density at radius 2 is 1.13 bits per heavy atom. The van der Waals surface area contributed by atoms with E-state index < -0.39 is 33.4 Å². The molecule has 4 nitrogen and oxygen atoms in total. The number of para-hydroxylation sites is 1. The van der Waals surface area contributed by atoms with Crippen molar-refractivity contribution in [2.24, 2.45) is 0 Å². The van der Waals surface area contributed by atoms with Crippen LogP contribution in [0, 0.1) is 6.07 Å². The summed E-state index contributed by atoms with van der Waals surface area (Å²) in [6.45, 7) is 24.2. The maximum Gasteiger partial charge on any atom is 0.270 e. The van der Waals surface area contributed by atoms with Gasteiger partial charge in [-0.1, -0.05) is 183 Å². The molecule has 1 N–H and O–H groups in total. The van der Waals surface area contributed by atoms with Gasteiger partial charge >= 0.3 is 0 Å². The Morgan fingerprint density at radius 3 is 1.72 bits per heavy atom. The van der Waals surface area contributed by atoms with Crippen LogP contribution in [0.3, 0.4) is 0 Å². The van der Waals surface area contributed by atoms with E-state index in [0.29, 0.717) is 56.1 Å². The van der Waals surface area contributed by atoms with Crippen LogP contribution in [-0.2, 0) is 43.7 Å². The fraction of sp³-hybridized carbons (Fsp3) is 0.300. The Morgan fingerprint density at radius 1 is 0.549 bits per heavy atom. The van der Waals surface area contributed by atoms with E-state index in [1.54, 1.807) is 18.3 Å². The van der Waals surface area contributed by atoms with Gasteiger partial charge in [-0.25, -0.2) is 22.5 Å². The van der Waals surface area contributed by atoms with Gasteiger partial charge < -0.3 is 5.11 Å². The number of fused-ring (bicyclic) bond motifs is 1. The van der Waals surface area contributed by atoms with Crippen molar-refractivity contribution in [1.82, 2.24) is 14.5 Å². The van der Waals surface area contributed by atoms with Crippen LogP contribution in [0.4, 0.5) is 17.6 Å². The minimum absolute atomic E-state index is 0. The number of hydrogen-bond acceptors (Lipinski definition) is 3. The predicted octanol–water partition coefficient (Wildman–Crippen LogP) is 17.7. The van der Waals surface area contributed by atoms with Gasteiger partial charge in [0.25, 0.3) is 11.8 Å². The Labute approximate surface area is 433 Å². The molecule has 0 atom stereocenters. The third-order valence-corrected chi connectivity index (χ3v) is 15.7. The van der Waals surface area contributed by atoms with E-state index in [9.17, 15) is 5.11 Å². The molecular weight excluding hydrogens is 1110 g/mol. The number of nitrogens with zero attached hydrogens (tertiary/aromatic N) is 3. The summed E-state index contributed by atoms with van der Waals surface area (Å²) in [4.78, 5) is 10.2. The minimum atomic E-state index is -3.18. The summed E-state index contributed by atoms with van der Waals surface area (Å²) in [7, 11) is -4.54. The molecule has 0 aliphatic heterocycles. The van der Waals surface area contributed by atoms with Crippen LogP contribution in [0.1, 0.15) is 63.8 Å². The predicted molar refractivity (Wildman–Crippen MR) is 288 cm³/mol. The first kappa shape index (κ1) is 53.4. The van der Waals surface area contributed by atoms with Gasteiger partial charge in [-0.3, -0.25) is 9.55 Å². The normalized spacial score (nSPS) is 12.8. The van der Waals surface area contributed by atoms with Crippen molar-refractivity contribution in [1.29, 1.82) is 0 Å². The maximum absolute atomic E-state index is 16.8. The van der Waals surface area contributed by atoms with E-state index in [4.69, 9.17) is 9.97 Å². The molecule has 71 heavy (non-hydrogen) atoms. The maximum atomic E-state index is 16.8. The topological polar surface area (TPSA) is 50.9 Å². The fourth-order valence-corrected chi connectivity index (χ4v) is 12.4. The smallest absolute Gasteiger partial charge is 0.270 e. The number of phenols is 1. The molecule has 0 saturated carbocycles. The first-order valence-corrected chi connectivity index (χ1v) is 31.5. The number of alkyl halides is 4. The van der Waals surface area contributed by atoms with Gasteiger partial charge in [0.15, 0.2) is 0 Å². The molecule has 0 radical (unpaired) electrons. The first-order chi connectivity index (χ1) is 32.6. The van der Waals surface area contributed by atoms with E-state index in [-0.39, 0.29) is 55.4 Å². The third-order valence-electron chi connectivity index (χ3n) is 12.7. The first-order valence-electron chi connectivity index (χ1n) is 24.1. The second-order valence-electron chi connectivity index (χ2n) is 23.3. The molecule has 2 heterocycles. The number of phenolic OH excluding ortho intramolecular Hbond substituents is 1. The second kappa shape index (κ2) is 19.5. The summed E-state index contributed by atoms with van der Waals surface area (Å²) in [5.74, 6) is -5.85. The number of imidazole rings is 1. The van der Waals surface area contributed by atoms with Crippen molar-refractivity contribution < 1.29 is 43.7 Å². The molecule has 0 saturated heterocycles. The Hall–Kier alpha value is -5.42. The van der Waals surface area contributed by atoms with Crippen molar-refractivity contribution in [3.05, 3.63) is 168 Å². The number of aromatic hydroxyl groups is 1. The molecule has 11 heteroatoms. The fourth-order valence-electron chi connectivity index (χ4n) is 9.35. The molecule has 8 aromatic rings. The van der Waals surface area contributed by atoms with Crippen molar-refractivity contribution in [3.63, 3.8) is 0 Å². The summed E-state index contributed by atoms with van der Waals surface area (Å²) in [6.07, 6.45) is 1.69. The van der Waals surface area contributed by atoms with E-state index in [1.807, 2.05) is 147 Å². The Kier molecular flexibility index (Phi) is 14.7. The van der Waals surface area contributed by atoms with Crippen LogP contribution >= 0.6 is 0 Å². The molecule has 0 aliphatic carbocycles. The van der Waals surface area contributed by atoms with E-state index in [2.05, 4.69) is 47.6 Å². The summed E-state index contributed by atoms with van der Waals surface area (Å²) in [5, 5.41) is 12.5. The number of aromatic nitrogens is 3. The number of hydrogen-bond donors (Lipinski definition) is 1. The average Bonchev–Trinajstić information content (AvgIpc) is 3.66. The van der Waals surface area contributed by atoms with Crippen molar-refractivity contribution >= 4 is 27.2 Å². The Balaban J connectivity index is 0.00000741. The summed E-state index contributed by atoms with van der Waals surface area (Å²) >= 11 is 0. The van der Waals surface area contributed by atoms with Gasteiger partial charge in [0.05, 0.1) is 38.4 Å². The van der Waals surface area contributed by atoms with E-state index in [0.717, 1.165) is 27.8 Å². The van der Waals surface area contributed by atoms with Crippen molar-refractivity contribution in [2.45, 2.75) is 116 Å². The van der Waals surface area contributed by atoms with Crippen LogP contribution in [0.5, 0.6) is 5.75 Å². The summed E-state index contributed by atoms with van der Waals surface area (Å²) < 4.78 is 68.5. The monoisotopic (exact) mass is 1170 g/mol. The molecule has 372 valence electrons. The third kappa shape index (κ3) is 11.6. The standard InChI is InChI=1S/C60H64F4N3OSi2.Pt/c1-57(2,3)45-35-49(55(68)50(36-45)58(4,5)6)56-66-54-47(24-19-25-53(54)67(56)52-27-26-44(59(61,62)37-69(7,8)9)34-48(52)40-22-17-14-18-23-40)42-30-43(32-46(31-42)60(63,64)38-70(10,11)12)51-33-41(28-29-65-51)39-20-15-13-16-21-39;/h13-29,31-36,68H,37-38H2,1-12H3;/q-1;. The van der Waals surface area contributed by atoms with Gasteiger partial charge in [0.1, 0.15) is 11.6 Å². The molecule has 0 spiro atoms. The molecule has 0 bridgehead atoms. The second-order valence-corrected chi connectivity index (χ2v) is 34.3. The molecular formula is C60H64F4N3OPtSi2-.